The Kier molecular flexibility index (Phi) is 4.81. The molecule has 0 unspecified atom stereocenters. The molecule has 4 rings (SSSR count). The largest absolute Gasteiger partial charge is 0.410 e. The van der Waals surface area contributed by atoms with Crippen LogP contribution in [-0.4, -0.2) is 39.9 Å². The van der Waals surface area contributed by atoms with Crippen molar-refractivity contribution in [2.24, 2.45) is 0 Å². The third-order valence-electron chi connectivity index (χ3n) is 5.53. The molecule has 150 valence electrons. The summed E-state index contributed by atoms with van der Waals surface area (Å²) in [5, 5.41) is 7.20. The lowest BCUT2D eigenvalue weighted by Crippen LogP contribution is -2.37. The van der Waals surface area contributed by atoms with Crippen molar-refractivity contribution < 1.29 is 18.0 Å². The van der Waals surface area contributed by atoms with Crippen molar-refractivity contribution in [3.63, 3.8) is 0 Å². The Balaban J connectivity index is 1.65. The van der Waals surface area contributed by atoms with Crippen LogP contribution in [0.25, 0.3) is 0 Å². The van der Waals surface area contributed by atoms with Crippen LogP contribution in [0.3, 0.4) is 0 Å². The van der Waals surface area contributed by atoms with Crippen LogP contribution in [-0.2, 0) is 0 Å². The number of carbonyl (C=O) groups is 1. The average molecular weight is 392 g/mol. The fourth-order valence-corrected chi connectivity index (χ4v) is 3.95. The molecule has 1 fully saturated rings. The molecule has 2 aliphatic rings. The molecule has 8 heteroatoms. The van der Waals surface area contributed by atoms with Gasteiger partial charge in [0.1, 0.15) is 5.82 Å². The van der Waals surface area contributed by atoms with E-state index in [4.69, 9.17) is 0 Å². The molecule has 28 heavy (non-hydrogen) atoms. The fourth-order valence-electron chi connectivity index (χ4n) is 3.95. The quantitative estimate of drug-likeness (QED) is 0.820. The molecular weight excluding hydrogens is 369 g/mol. The van der Waals surface area contributed by atoms with Crippen molar-refractivity contribution in [1.29, 1.82) is 0 Å². The van der Waals surface area contributed by atoms with E-state index in [1.54, 1.807) is 4.90 Å². The van der Waals surface area contributed by atoms with Crippen LogP contribution in [0, 0.1) is 6.92 Å². The summed E-state index contributed by atoms with van der Waals surface area (Å²) >= 11 is 0. The number of aromatic nitrogens is 2. The van der Waals surface area contributed by atoms with Crippen LogP contribution in [0.4, 0.5) is 19.0 Å². The van der Waals surface area contributed by atoms with E-state index in [-0.39, 0.29) is 23.8 Å². The second-order valence-corrected chi connectivity index (χ2v) is 7.61. The van der Waals surface area contributed by atoms with E-state index < -0.39 is 18.3 Å². The second kappa shape index (κ2) is 7.14. The summed E-state index contributed by atoms with van der Waals surface area (Å²) in [6.07, 6.45) is -1.72. The van der Waals surface area contributed by atoms with Gasteiger partial charge in [0.2, 0.25) is 0 Å². The summed E-state index contributed by atoms with van der Waals surface area (Å²) in [4.78, 5) is 14.4. The molecule has 1 amide bonds. The van der Waals surface area contributed by atoms with E-state index in [9.17, 15) is 18.0 Å². The molecule has 5 nitrogen and oxygen atoms in total. The first kappa shape index (κ1) is 18.8. The molecule has 0 saturated carbocycles. The molecule has 1 aromatic heterocycles. The number of hydrogen-bond donors (Lipinski definition) is 1. The Hall–Kier alpha value is -2.51. The second-order valence-electron chi connectivity index (χ2n) is 7.61. The van der Waals surface area contributed by atoms with E-state index in [2.05, 4.69) is 10.4 Å². The Bertz CT molecular complexity index is 853. The number of nitrogens with one attached hydrogen (secondary N) is 1. The maximum atomic E-state index is 13.8. The van der Waals surface area contributed by atoms with Crippen LogP contribution in [0.15, 0.2) is 30.3 Å². The highest BCUT2D eigenvalue weighted by atomic mass is 19.4. The number of aryl methyl sites for hydroxylation is 1. The first-order valence-electron chi connectivity index (χ1n) is 9.61. The molecule has 2 aliphatic heterocycles. The molecule has 1 aromatic carbocycles. The van der Waals surface area contributed by atoms with Crippen molar-refractivity contribution >= 4 is 11.7 Å². The van der Waals surface area contributed by atoms with Gasteiger partial charge in [-0.1, -0.05) is 29.8 Å². The summed E-state index contributed by atoms with van der Waals surface area (Å²) < 4.78 is 42.2. The number of piperidine rings is 1. The third-order valence-corrected chi connectivity index (χ3v) is 5.53. The summed E-state index contributed by atoms with van der Waals surface area (Å²) in [5.41, 5.74) is 1.91. The number of benzene rings is 1. The fraction of sp³-hybridized carbons (Fsp3) is 0.500. The van der Waals surface area contributed by atoms with E-state index in [1.165, 1.54) is 6.07 Å². The van der Waals surface area contributed by atoms with Gasteiger partial charge in [-0.15, -0.1) is 0 Å². The summed E-state index contributed by atoms with van der Waals surface area (Å²) in [6.45, 7) is 3.19. The number of likely N-dealkylation sites (tertiary alicyclic amines) is 1. The standard InChI is InChI=1S/C20H23F3N4O/c1-13-5-7-14(8-6-13)15-11-17(20(21,22)23)27-18(24-15)12-16(25-27)19(28)26-9-3-2-4-10-26/h5-8,12,15,17,24H,2-4,9-11H2,1H3/t15-,17+/m0/s1. The number of anilines is 1. The van der Waals surface area contributed by atoms with Crippen molar-refractivity contribution in [2.75, 3.05) is 18.4 Å². The van der Waals surface area contributed by atoms with Crippen molar-refractivity contribution in [3.8, 4) is 0 Å². The minimum absolute atomic E-state index is 0.0724. The predicted octanol–water partition coefficient (Wildman–Crippen LogP) is 4.48. The molecule has 0 bridgehead atoms. The van der Waals surface area contributed by atoms with Crippen LogP contribution in [0.5, 0.6) is 0 Å². The van der Waals surface area contributed by atoms with Gasteiger partial charge in [0.05, 0.1) is 6.04 Å². The number of amides is 1. The smallest absolute Gasteiger partial charge is 0.363 e. The number of alkyl halides is 3. The number of halogens is 3. The zero-order valence-corrected chi connectivity index (χ0v) is 15.7. The Morgan fingerprint density at radius 3 is 2.46 bits per heavy atom. The van der Waals surface area contributed by atoms with E-state index in [0.29, 0.717) is 13.1 Å². The molecule has 1 N–H and O–H groups in total. The number of nitrogens with zero attached hydrogens (tertiary/aromatic N) is 3. The molecule has 0 spiro atoms. The maximum Gasteiger partial charge on any atom is 0.410 e. The highest BCUT2D eigenvalue weighted by Gasteiger charge is 2.47. The topological polar surface area (TPSA) is 50.2 Å². The molecule has 0 radical (unpaired) electrons. The molecule has 2 aromatic rings. The van der Waals surface area contributed by atoms with Gasteiger partial charge in [0, 0.05) is 25.6 Å². The van der Waals surface area contributed by atoms with Crippen molar-refractivity contribution in [3.05, 3.63) is 47.2 Å². The highest BCUT2D eigenvalue weighted by molar-refractivity contribution is 5.93. The lowest BCUT2D eigenvalue weighted by molar-refractivity contribution is -0.173. The van der Waals surface area contributed by atoms with Gasteiger partial charge in [-0.2, -0.15) is 18.3 Å². The summed E-state index contributed by atoms with van der Waals surface area (Å²) in [6, 6.07) is 6.65. The van der Waals surface area contributed by atoms with Gasteiger partial charge in [0.25, 0.3) is 5.91 Å². The highest BCUT2D eigenvalue weighted by Crippen LogP contribution is 2.43. The Morgan fingerprint density at radius 2 is 1.82 bits per heavy atom. The number of rotatable bonds is 2. The number of hydrogen-bond acceptors (Lipinski definition) is 3. The summed E-state index contributed by atoms with van der Waals surface area (Å²) in [7, 11) is 0. The zero-order valence-electron chi connectivity index (χ0n) is 15.7. The summed E-state index contributed by atoms with van der Waals surface area (Å²) in [5.74, 6) is -0.0595. The molecule has 0 aliphatic carbocycles. The lowest BCUT2D eigenvalue weighted by Gasteiger charge is -2.33. The number of fused-ring (bicyclic) bond motifs is 1. The van der Waals surface area contributed by atoms with Gasteiger partial charge in [-0.25, -0.2) is 4.68 Å². The van der Waals surface area contributed by atoms with E-state index in [1.807, 2.05) is 31.2 Å². The first-order chi connectivity index (χ1) is 13.3. The molecule has 2 atom stereocenters. The maximum absolute atomic E-state index is 13.8. The van der Waals surface area contributed by atoms with Crippen molar-refractivity contribution in [2.45, 2.75) is 50.9 Å². The monoisotopic (exact) mass is 392 g/mol. The van der Waals surface area contributed by atoms with Crippen LogP contribution < -0.4 is 5.32 Å². The Labute approximate surface area is 161 Å². The van der Waals surface area contributed by atoms with Gasteiger partial charge in [-0.3, -0.25) is 4.79 Å². The molecule has 1 saturated heterocycles. The molecular formula is C20H23F3N4O. The molecule has 3 heterocycles. The third kappa shape index (κ3) is 3.59. The van der Waals surface area contributed by atoms with Gasteiger partial charge < -0.3 is 10.2 Å². The van der Waals surface area contributed by atoms with E-state index >= 15 is 0 Å². The van der Waals surface area contributed by atoms with Gasteiger partial charge in [-0.05, 0) is 31.7 Å². The Morgan fingerprint density at radius 1 is 1.14 bits per heavy atom. The minimum atomic E-state index is -4.45. The lowest BCUT2D eigenvalue weighted by atomic mass is 9.96. The average Bonchev–Trinajstić information content (AvgIpc) is 3.11. The van der Waals surface area contributed by atoms with Crippen LogP contribution in [0.1, 0.15) is 59.4 Å². The van der Waals surface area contributed by atoms with Gasteiger partial charge in [0.15, 0.2) is 11.7 Å². The van der Waals surface area contributed by atoms with E-state index in [0.717, 1.165) is 35.1 Å². The van der Waals surface area contributed by atoms with Crippen molar-refractivity contribution in [1.82, 2.24) is 14.7 Å². The predicted molar refractivity (Wildman–Crippen MR) is 99.2 cm³/mol. The number of carbonyl (C=O) groups excluding carboxylic acids is 1. The van der Waals surface area contributed by atoms with Crippen LogP contribution in [0.2, 0.25) is 0 Å². The zero-order chi connectivity index (χ0) is 19.9. The first-order valence-corrected chi connectivity index (χ1v) is 9.61. The minimum Gasteiger partial charge on any atom is -0.363 e. The van der Waals surface area contributed by atoms with Gasteiger partial charge >= 0.3 is 6.18 Å². The van der Waals surface area contributed by atoms with Crippen LogP contribution >= 0.6 is 0 Å². The normalized spacial score (nSPS) is 22.5. The SMILES string of the molecule is Cc1ccc([C@@H]2C[C@H](C(F)(F)F)n3nc(C(=O)N4CCCCC4)cc3N2)cc1.